The largest absolute Gasteiger partial charge is 0.354 e. The first-order chi connectivity index (χ1) is 11.6. The number of pyridine rings is 1. The van der Waals surface area contributed by atoms with Crippen molar-refractivity contribution in [3.05, 3.63) is 83.2 Å². The zero-order valence-corrected chi connectivity index (χ0v) is 13.2. The maximum Gasteiger partial charge on any atom is 0.263 e. The van der Waals surface area contributed by atoms with Crippen LogP contribution in [0.2, 0.25) is 0 Å². The van der Waals surface area contributed by atoms with Gasteiger partial charge in [-0.1, -0.05) is 18.2 Å². The Balaban J connectivity index is 1.85. The van der Waals surface area contributed by atoms with Gasteiger partial charge in [0.15, 0.2) is 0 Å². The number of carbonyl (C=O) groups excluding carboxylic acids is 1. The van der Waals surface area contributed by atoms with E-state index in [-0.39, 0.29) is 11.5 Å². The fourth-order valence-electron chi connectivity index (χ4n) is 3.23. The molecule has 0 spiro atoms. The van der Waals surface area contributed by atoms with Crippen LogP contribution < -0.4 is 4.90 Å². The molecule has 0 atom stereocenters. The molecule has 3 heterocycles. The Kier molecular flexibility index (Phi) is 3.41. The average Bonchev–Trinajstić information content (AvgIpc) is 2.84. The van der Waals surface area contributed by atoms with Crippen molar-refractivity contribution in [1.82, 2.24) is 9.55 Å². The third-order valence-electron chi connectivity index (χ3n) is 4.50. The molecule has 24 heavy (non-hydrogen) atoms. The first-order valence-electron chi connectivity index (χ1n) is 7.78. The quantitative estimate of drug-likeness (QED) is 0.645. The lowest BCUT2D eigenvalue weighted by Crippen LogP contribution is -2.31. The van der Waals surface area contributed by atoms with Crippen LogP contribution in [0.1, 0.15) is 27.2 Å². The molecular formula is C19H16FN3O. The molecule has 0 bridgehead atoms. The number of hydrogen-bond donors (Lipinski definition) is 0. The fourth-order valence-corrected chi connectivity index (χ4v) is 3.23. The zero-order chi connectivity index (χ0) is 16.7. The number of benzene rings is 1. The van der Waals surface area contributed by atoms with Crippen LogP contribution in [0.3, 0.4) is 0 Å². The van der Waals surface area contributed by atoms with Crippen LogP contribution in [0, 0.1) is 5.95 Å². The Morgan fingerprint density at radius 3 is 2.79 bits per heavy atom. The van der Waals surface area contributed by atoms with Gasteiger partial charge in [-0.25, -0.2) is 4.98 Å². The number of rotatable bonds is 1. The first-order valence-corrected chi connectivity index (χ1v) is 7.78. The van der Waals surface area contributed by atoms with Crippen molar-refractivity contribution in [3.63, 3.8) is 0 Å². The Morgan fingerprint density at radius 1 is 1.12 bits per heavy atom. The summed E-state index contributed by atoms with van der Waals surface area (Å²) in [5.74, 6) is -1.11. The maximum absolute atomic E-state index is 14.0. The minimum atomic E-state index is -0.738. The number of anilines is 1. The van der Waals surface area contributed by atoms with Crippen molar-refractivity contribution in [1.29, 1.82) is 0 Å². The molecule has 4 rings (SSSR count). The van der Waals surface area contributed by atoms with E-state index in [9.17, 15) is 9.18 Å². The Hall–Kier alpha value is -2.95. The zero-order valence-electron chi connectivity index (χ0n) is 13.2. The van der Waals surface area contributed by atoms with Crippen molar-refractivity contribution in [2.45, 2.75) is 13.0 Å². The first kappa shape index (κ1) is 14.6. The minimum absolute atomic E-state index is 0.00770. The SMILES string of the molecule is Cn1ccc2c1Cc1ccccc1N(C(=O)c1cccnc1F)C2. The highest BCUT2D eigenvalue weighted by Crippen LogP contribution is 2.32. The predicted octanol–water partition coefficient (Wildman–Crippen LogP) is 3.31. The summed E-state index contributed by atoms with van der Waals surface area (Å²) in [4.78, 5) is 18.2. The molecule has 0 saturated heterocycles. The summed E-state index contributed by atoms with van der Waals surface area (Å²) in [5.41, 5.74) is 4.11. The monoisotopic (exact) mass is 321 g/mol. The number of aryl methyl sites for hydroxylation is 1. The maximum atomic E-state index is 14.0. The van der Waals surface area contributed by atoms with Crippen LogP contribution in [0.5, 0.6) is 0 Å². The molecule has 1 aliphatic heterocycles. The third kappa shape index (κ3) is 2.29. The number of hydrogen-bond acceptors (Lipinski definition) is 2. The van der Waals surface area contributed by atoms with Gasteiger partial charge < -0.3 is 9.47 Å². The molecule has 1 aromatic carbocycles. The third-order valence-corrected chi connectivity index (χ3v) is 4.50. The molecule has 4 nitrogen and oxygen atoms in total. The normalized spacial score (nSPS) is 13.2. The number of halogens is 1. The topological polar surface area (TPSA) is 38.1 Å². The van der Waals surface area contributed by atoms with Gasteiger partial charge in [0.1, 0.15) is 0 Å². The molecule has 120 valence electrons. The molecule has 2 aromatic heterocycles. The van der Waals surface area contributed by atoms with Crippen LogP contribution in [0.15, 0.2) is 54.9 Å². The van der Waals surface area contributed by atoms with Crippen LogP contribution in [0.25, 0.3) is 0 Å². The van der Waals surface area contributed by atoms with Gasteiger partial charge in [-0.05, 0) is 35.4 Å². The van der Waals surface area contributed by atoms with Crippen LogP contribution >= 0.6 is 0 Å². The van der Waals surface area contributed by atoms with Gasteiger partial charge in [0.05, 0.1) is 12.1 Å². The van der Waals surface area contributed by atoms with E-state index in [1.165, 1.54) is 18.0 Å². The number of fused-ring (bicyclic) bond motifs is 2. The van der Waals surface area contributed by atoms with Crippen molar-refractivity contribution in [2.24, 2.45) is 7.05 Å². The highest BCUT2D eigenvalue weighted by atomic mass is 19.1. The van der Waals surface area contributed by atoms with Gasteiger partial charge in [-0.2, -0.15) is 4.39 Å². The number of para-hydroxylation sites is 1. The summed E-state index contributed by atoms with van der Waals surface area (Å²) in [6.45, 7) is 0.417. The molecule has 1 amide bonds. The van der Waals surface area contributed by atoms with E-state index in [2.05, 4.69) is 9.55 Å². The van der Waals surface area contributed by atoms with E-state index in [0.29, 0.717) is 6.54 Å². The highest BCUT2D eigenvalue weighted by molar-refractivity contribution is 6.06. The standard InChI is InChI=1S/C19H16FN3O/c1-22-10-8-14-12-23(19(24)15-6-4-9-21-18(15)20)16-7-3-2-5-13(16)11-17(14)22/h2-10H,11-12H2,1H3. The van der Waals surface area contributed by atoms with Crippen molar-refractivity contribution in [2.75, 3.05) is 4.90 Å². The number of nitrogens with zero attached hydrogens (tertiary/aromatic N) is 3. The van der Waals surface area contributed by atoms with Gasteiger partial charge in [0.2, 0.25) is 5.95 Å². The van der Waals surface area contributed by atoms with Crippen LogP contribution in [-0.4, -0.2) is 15.5 Å². The molecular weight excluding hydrogens is 305 g/mol. The Morgan fingerprint density at radius 2 is 1.96 bits per heavy atom. The van der Waals surface area contributed by atoms with Gasteiger partial charge in [-0.3, -0.25) is 4.79 Å². The summed E-state index contributed by atoms with van der Waals surface area (Å²) < 4.78 is 16.1. The number of carbonyl (C=O) groups is 1. The summed E-state index contributed by atoms with van der Waals surface area (Å²) in [6, 6.07) is 12.8. The number of aromatic nitrogens is 2. The van der Waals surface area contributed by atoms with E-state index in [1.54, 1.807) is 11.0 Å². The van der Waals surface area contributed by atoms with Crippen LogP contribution in [0.4, 0.5) is 10.1 Å². The molecule has 0 aliphatic carbocycles. The van der Waals surface area contributed by atoms with Gasteiger partial charge in [0.25, 0.3) is 5.91 Å². The van der Waals surface area contributed by atoms with Crippen molar-refractivity contribution in [3.8, 4) is 0 Å². The van der Waals surface area contributed by atoms with Crippen molar-refractivity contribution >= 4 is 11.6 Å². The summed E-state index contributed by atoms with van der Waals surface area (Å²) in [5, 5.41) is 0. The predicted molar refractivity (Wildman–Crippen MR) is 89.4 cm³/mol. The summed E-state index contributed by atoms with van der Waals surface area (Å²) in [7, 11) is 2.00. The van der Waals surface area contributed by atoms with Crippen molar-refractivity contribution < 1.29 is 9.18 Å². The average molecular weight is 321 g/mol. The molecule has 3 aromatic rings. The highest BCUT2D eigenvalue weighted by Gasteiger charge is 2.27. The van der Waals surface area contributed by atoms with E-state index < -0.39 is 5.95 Å². The smallest absolute Gasteiger partial charge is 0.263 e. The van der Waals surface area contributed by atoms with E-state index >= 15 is 0 Å². The molecule has 0 unspecified atom stereocenters. The Labute approximate surface area is 139 Å². The summed E-state index contributed by atoms with van der Waals surface area (Å²) >= 11 is 0. The van der Waals surface area contributed by atoms with Gasteiger partial charge in [0, 0.05) is 37.2 Å². The molecule has 0 N–H and O–H groups in total. The lowest BCUT2D eigenvalue weighted by atomic mass is 10.1. The molecule has 5 heteroatoms. The summed E-state index contributed by atoms with van der Waals surface area (Å²) in [6.07, 6.45) is 4.08. The second-order valence-corrected chi connectivity index (χ2v) is 5.94. The lowest BCUT2D eigenvalue weighted by Gasteiger charge is -2.23. The van der Waals surface area contributed by atoms with Crippen LogP contribution in [-0.2, 0) is 20.0 Å². The fraction of sp³-hybridized carbons (Fsp3) is 0.158. The van der Waals surface area contributed by atoms with E-state index in [0.717, 1.165) is 23.2 Å². The van der Waals surface area contributed by atoms with E-state index in [1.807, 2.05) is 43.6 Å². The second kappa shape index (κ2) is 5.60. The lowest BCUT2D eigenvalue weighted by molar-refractivity contribution is 0.0980. The molecule has 0 radical (unpaired) electrons. The second-order valence-electron chi connectivity index (χ2n) is 5.94. The van der Waals surface area contributed by atoms with Gasteiger partial charge in [-0.15, -0.1) is 0 Å². The minimum Gasteiger partial charge on any atom is -0.354 e. The van der Waals surface area contributed by atoms with Gasteiger partial charge >= 0.3 is 0 Å². The number of amides is 1. The molecule has 1 aliphatic rings. The molecule has 0 saturated carbocycles. The molecule has 0 fully saturated rings. The van der Waals surface area contributed by atoms with E-state index in [4.69, 9.17) is 0 Å². The Bertz CT molecular complexity index is 932.